The lowest BCUT2D eigenvalue weighted by Crippen LogP contribution is -2.40. The van der Waals surface area contributed by atoms with E-state index < -0.39 is 10.2 Å². The van der Waals surface area contributed by atoms with Crippen LogP contribution in [0, 0.1) is 0 Å². The summed E-state index contributed by atoms with van der Waals surface area (Å²) in [6.07, 6.45) is 2.98. The molecular formula is C10H20N4O2S2. The van der Waals surface area contributed by atoms with E-state index in [1.165, 1.54) is 15.6 Å². The maximum Gasteiger partial charge on any atom is 0.279 e. The Balaban J connectivity index is 2.68. The second-order valence-corrected chi connectivity index (χ2v) is 6.65. The third kappa shape index (κ3) is 4.29. The van der Waals surface area contributed by atoms with Gasteiger partial charge >= 0.3 is 0 Å². The topological polar surface area (TPSA) is 88.3 Å². The smallest absolute Gasteiger partial charge is 0.279 e. The molecule has 1 rings (SSSR count). The molecule has 0 amide bonds. The molecule has 104 valence electrons. The lowest BCUT2D eigenvalue weighted by atomic mass is 10.3. The highest BCUT2D eigenvalue weighted by Gasteiger charge is 2.23. The van der Waals surface area contributed by atoms with Gasteiger partial charge in [0.15, 0.2) is 0 Å². The summed E-state index contributed by atoms with van der Waals surface area (Å²) in [5, 5.41) is 2.62. The molecule has 3 N–H and O–H groups in total. The van der Waals surface area contributed by atoms with Crippen LogP contribution in [0.4, 0.5) is 0 Å². The molecule has 0 fully saturated rings. The molecule has 6 nitrogen and oxygen atoms in total. The quantitative estimate of drug-likeness (QED) is 0.738. The SMILES string of the molecule is CCC(NS(=O)(=O)N(C)CCCN)c1nccs1. The predicted molar refractivity (Wildman–Crippen MR) is 73.5 cm³/mol. The van der Waals surface area contributed by atoms with Crippen molar-refractivity contribution in [2.45, 2.75) is 25.8 Å². The number of nitrogens with one attached hydrogen (secondary N) is 1. The van der Waals surface area contributed by atoms with Gasteiger partial charge in [-0.05, 0) is 19.4 Å². The van der Waals surface area contributed by atoms with E-state index >= 15 is 0 Å². The monoisotopic (exact) mass is 292 g/mol. The van der Waals surface area contributed by atoms with Crippen molar-refractivity contribution < 1.29 is 8.42 Å². The van der Waals surface area contributed by atoms with Gasteiger partial charge in [0.2, 0.25) is 0 Å². The number of rotatable bonds is 8. The highest BCUT2D eigenvalue weighted by atomic mass is 32.2. The van der Waals surface area contributed by atoms with E-state index in [1.807, 2.05) is 12.3 Å². The van der Waals surface area contributed by atoms with E-state index in [0.717, 1.165) is 5.01 Å². The fourth-order valence-corrected chi connectivity index (χ4v) is 3.45. The number of nitrogens with two attached hydrogens (primary N) is 1. The first-order valence-corrected chi connectivity index (χ1v) is 8.16. The van der Waals surface area contributed by atoms with Crippen molar-refractivity contribution in [3.63, 3.8) is 0 Å². The largest absolute Gasteiger partial charge is 0.330 e. The summed E-state index contributed by atoms with van der Waals surface area (Å²) in [5.41, 5.74) is 5.37. The minimum absolute atomic E-state index is 0.268. The Labute approximate surface area is 112 Å². The molecule has 8 heteroatoms. The zero-order valence-corrected chi connectivity index (χ0v) is 12.3. The van der Waals surface area contributed by atoms with E-state index in [1.54, 1.807) is 13.2 Å². The average molecular weight is 292 g/mol. The number of thiazole rings is 1. The Morgan fingerprint density at radius 3 is 2.83 bits per heavy atom. The van der Waals surface area contributed by atoms with E-state index in [9.17, 15) is 8.42 Å². The van der Waals surface area contributed by atoms with Gasteiger partial charge in [0.1, 0.15) is 5.01 Å². The van der Waals surface area contributed by atoms with E-state index in [0.29, 0.717) is 25.9 Å². The van der Waals surface area contributed by atoms with Crippen LogP contribution < -0.4 is 10.5 Å². The Bertz CT molecular complexity index is 433. The molecule has 0 aliphatic rings. The van der Waals surface area contributed by atoms with E-state index in [2.05, 4.69) is 9.71 Å². The van der Waals surface area contributed by atoms with Gasteiger partial charge in [0.25, 0.3) is 10.2 Å². The van der Waals surface area contributed by atoms with Crippen LogP contribution in [0.2, 0.25) is 0 Å². The second-order valence-electron chi connectivity index (χ2n) is 3.92. The molecule has 0 bridgehead atoms. The van der Waals surface area contributed by atoms with Crippen LogP contribution in [0.5, 0.6) is 0 Å². The highest BCUT2D eigenvalue weighted by Crippen LogP contribution is 2.20. The molecule has 1 aromatic heterocycles. The molecule has 0 aromatic carbocycles. The molecule has 1 aromatic rings. The molecule has 0 radical (unpaired) electrons. The van der Waals surface area contributed by atoms with E-state index in [-0.39, 0.29) is 6.04 Å². The minimum atomic E-state index is -3.48. The Morgan fingerprint density at radius 1 is 1.61 bits per heavy atom. The summed E-state index contributed by atoms with van der Waals surface area (Å²) in [6, 6.07) is -0.268. The average Bonchev–Trinajstić information content (AvgIpc) is 2.86. The van der Waals surface area contributed by atoms with Crippen molar-refractivity contribution in [2.75, 3.05) is 20.1 Å². The van der Waals surface area contributed by atoms with Crippen LogP contribution in [-0.4, -0.2) is 37.8 Å². The first-order chi connectivity index (χ1) is 8.51. The van der Waals surface area contributed by atoms with Crippen LogP contribution in [0.15, 0.2) is 11.6 Å². The number of hydrogen-bond donors (Lipinski definition) is 2. The Hall–Kier alpha value is -0.540. The molecule has 0 aliphatic heterocycles. The van der Waals surface area contributed by atoms with Crippen molar-refractivity contribution in [1.82, 2.24) is 14.0 Å². The van der Waals surface area contributed by atoms with Gasteiger partial charge in [0.05, 0.1) is 6.04 Å². The summed E-state index contributed by atoms with van der Waals surface area (Å²) < 4.78 is 28.1. The third-order valence-corrected chi connectivity index (χ3v) is 5.01. The van der Waals surface area contributed by atoms with Crippen LogP contribution in [0.25, 0.3) is 0 Å². The first kappa shape index (κ1) is 15.5. The van der Waals surface area contributed by atoms with Crippen molar-refractivity contribution >= 4 is 21.5 Å². The van der Waals surface area contributed by atoms with Crippen LogP contribution in [-0.2, 0) is 10.2 Å². The minimum Gasteiger partial charge on any atom is -0.330 e. The summed E-state index contributed by atoms with van der Waals surface area (Å²) in [5.74, 6) is 0. The number of aromatic nitrogens is 1. The number of hydrogen-bond acceptors (Lipinski definition) is 5. The van der Waals surface area contributed by atoms with Gasteiger partial charge in [-0.25, -0.2) is 4.98 Å². The van der Waals surface area contributed by atoms with Crippen LogP contribution >= 0.6 is 11.3 Å². The molecule has 1 atom stereocenters. The molecular weight excluding hydrogens is 272 g/mol. The van der Waals surface area contributed by atoms with Crippen LogP contribution in [0.3, 0.4) is 0 Å². The van der Waals surface area contributed by atoms with Gasteiger partial charge in [-0.2, -0.15) is 17.4 Å². The fraction of sp³-hybridized carbons (Fsp3) is 0.700. The Morgan fingerprint density at radius 2 is 2.33 bits per heavy atom. The van der Waals surface area contributed by atoms with Crippen molar-refractivity contribution in [1.29, 1.82) is 0 Å². The first-order valence-electron chi connectivity index (χ1n) is 5.84. The zero-order chi connectivity index (χ0) is 13.6. The van der Waals surface area contributed by atoms with Crippen molar-refractivity contribution in [2.24, 2.45) is 5.73 Å². The maximum atomic E-state index is 12.1. The lowest BCUT2D eigenvalue weighted by Gasteiger charge is -2.21. The number of nitrogens with zero attached hydrogens (tertiary/aromatic N) is 2. The molecule has 0 saturated carbocycles. The standard InChI is InChI=1S/C10H20N4O2S2/c1-3-9(10-12-6-8-17-10)13-18(15,16)14(2)7-4-5-11/h6,8-9,13H,3-5,7,11H2,1-2H3. The van der Waals surface area contributed by atoms with Crippen LogP contribution in [0.1, 0.15) is 30.8 Å². The highest BCUT2D eigenvalue weighted by molar-refractivity contribution is 7.87. The van der Waals surface area contributed by atoms with Gasteiger partial charge in [-0.1, -0.05) is 6.92 Å². The zero-order valence-electron chi connectivity index (χ0n) is 10.7. The molecule has 0 aliphatic carbocycles. The van der Waals surface area contributed by atoms with E-state index in [4.69, 9.17) is 5.73 Å². The summed E-state index contributed by atoms with van der Waals surface area (Å²) in [4.78, 5) is 4.15. The molecule has 1 unspecified atom stereocenters. The molecule has 0 spiro atoms. The van der Waals surface area contributed by atoms with Crippen molar-refractivity contribution in [3.05, 3.63) is 16.6 Å². The summed E-state index contributed by atoms with van der Waals surface area (Å²) in [7, 11) is -1.93. The summed E-state index contributed by atoms with van der Waals surface area (Å²) >= 11 is 1.45. The van der Waals surface area contributed by atoms with Gasteiger partial charge < -0.3 is 5.73 Å². The maximum absolute atomic E-state index is 12.1. The molecule has 18 heavy (non-hydrogen) atoms. The third-order valence-electron chi connectivity index (χ3n) is 2.54. The Kier molecular flexibility index (Phi) is 6.16. The molecule has 0 saturated heterocycles. The van der Waals surface area contributed by atoms with Gasteiger partial charge in [-0.3, -0.25) is 0 Å². The fourth-order valence-electron chi connectivity index (χ4n) is 1.42. The van der Waals surface area contributed by atoms with Gasteiger partial charge in [-0.15, -0.1) is 11.3 Å². The van der Waals surface area contributed by atoms with Gasteiger partial charge in [0, 0.05) is 25.2 Å². The second kappa shape index (κ2) is 7.15. The predicted octanol–water partition coefficient (Wildman–Crippen LogP) is 0.709. The summed E-state index contributed by atoms with van der Waals surface area (Å²) in [6.45, 7) is 2.82. The van der Waals surface area contributed by atoms with Crippen molar-refractivity contribution in [3.8, 4) is 0 Å². The lowest BCUT2D eigenvalue weighted by molar-refractivity contribution is 0.440. The molecule has 1 heterocycles. The normalized spacial score (nSPS) is 14.0.